The Hall–Kier alpha value is -0.290. The lowest BCUT2D eigenvalue weighted by Crippen LogP contribution is -2.40. The van der Waals surface area contributed by atoms with Crippen LogP contribution >= 0.6 is 11.6 Å². The standard InChI is InChI=1S/C11H20ClNO3S/c1-8(17(2,15)16)11(14)13-7-10-5-3-4-9(10)6-12/h8-10H,3-7H2,1-2H3,(H,13,14). The highest BCUT2D eigenvalue weighted by atomic mass is 35.5. The van der Waals surface area contributed by atoms with Crippen LogP contribution in [0.1, 0.15) is 26.2 Å². The average molecular weight is 282 g/mol. The van der Waals surface area contributed by atoms with E-state index in [-0.39, 0.29) is 0 Å². The minimum Gasteiger partial charge on any atom is -0.355 e. The van der Waals surface area contributed by atoms with Crippen molar-refractivity contribution in [2.45, 2.75) is 31.4 Å². The summed E-state index contributed by atoms with van der Waals surface area (Å²) >= 11 is 5.84. The van der Waals surface area contributed by atoms with Crippen LogP contribution in [0.3, 0.4) is 0 Å². The van der Waals surface area contributed by atoms with Crippen molar-refractivity contribution in [1.29, 1.82) is 0 Å². The largest absolute Gasteiger partial charge is 0.355 e. The molecule has 1 saturated carbocycles. The van der Waals surface area contributed by atoms with Crippen LogP contribution < -0.4 is 5.32 Å². The van der Waals surface area contributed by atoms with Gasteiger partial charge in [-0.25, -0.2) is 8.42 Å². The molecule has 0 spiro atoms. The number of halogens is 1. The third-order valence-electron chi connectivity index (χ3n) is 3.56. The number of carbonyl (C=O) groups excluding carboxylic acids is 1. The predicted molar refractivity (Wildman–Crippen MR) is 68.9 cm³/mol. The van der Waals surface area contributed by atoms with Crippen LogP contribution in [0, 0.1) is 11.8 Å². The first-order valence-corrected chi connectivity index (χ1v) is 8.37. The summed E-state index contributed by atoms with van der Waals surface area (Å²) in [5.74, 6) is 1.05. The summed E-state index contributed by atoms with van der Waals surface area (Å²) in [6.45, 7) is 1.95. The van der Waals surface area contributed by atoms with Crippen molar-refractivity contribution in [1.82, 2.24) is 5.32 Å². The zero-order chi connectivity index (χ0) is 13.1. The number of alkyl halides is 1. The van der Waals surface area contributed by atoms with Gasteiger partial charge in [0.15, 0.2) is 9.84 Å². The molecule has 0 radical (unpaired) electrons. The maximum atomic E-state index is 11.6. The number of nitrogens with one attached hydrogen (secondary N) is 1. The van der Waals surface area contributed by atoms with Crippen LogP contribution in [0.5, 0.6) is 0 Å². The Morgan fingerprint density at radius 3 is 2.53 bits per heavy atom. The third-order valence-corrected chi connectivity index (χ3v) is 5.46. The van der Waals surface area contributed by atoms with Crippen molar-refractivity contribution in [2.75, 3.05) is 18.7 Å². The first-order chi connectivity index (χ1) is 7.86. The highest BCUT2D eigenvalue weighted by Gasteiger charge is 2.28. The molecular weight excluding hydrogens is 262 g/mol. The summed E-state index contributed by atoms with van der Waals surface area (Å²) < 4.78 is 22.4. The van der Waals surface area contributed by atoms with E-state index < -0.39 is 21.0 Å². The summed E-state index contributed by atoms with van der Waals surface area (Å²) in [6, 6.07) is 0. The first kappa shape index (κ1) is 14.8. The summed E-state index contributed by atoms with van der Waals surface area (Å²) in [7, 11) is -3.30. The minimum atomic E-state index is -3.30. The fraction of sp³-hybridized carbons (Fsp3) is 0.909. The Kier molecular flexibility index (Phi) is 5.25. The number of hydrogen-bond donors (Lipinski definition) is 1. The van der Waals surface area contributed by atoms with Gasteiger partial charge in [0.2, 0.25) is 5.91 Å². The van der Waals surface area contributed by atoms with Gasteiger partial charge in [-0.2, -0.15) is 0 Å². The van der Waals surface area contributed by atoms with Gasteiger partial charge in [0.1, 0.15) is 5.25 Å². The van der Waals surface area contributed by atoms with Gasteiger partial charge in [-0.15, -0.1) is 11.6 Å². The molecule has 0 heterocycles. The van der Waals surface area contributed by atoms with Crippen LogP contribution in [-0.4, -0.2) is 38.3 Å². The number of carbonyl (C=O) groups is 1. The normalized spacial score (nSPS) is 26.8. The fourth-order valence-corrected chi connectivity index (χ4v) is 3.03. The van der Waals surface area contributed by atoms with E-state index in [9.17, 15) is 13.2 Å². The molecule has 3 unspecified atom stereocenters. The summed E-state index contributed by atoms with van der Waals surface area (Å²) in [5, 5.41) is 1.74. The second-order valence-electron chi connectivity index (χ2n) is 4.82. The summed E-state index contributed by atoms with van der Waals surface area (Å²) in [4.78, 5) is 11.6. The molecule has 1 amide bonds. The van der Waals surface area contributed by atoms with Crippen LogP contribution in [0.2, 0.25) is 0 Å². The third kappa shape index (κ3) is 4.14. The molecule has 0 bridgehead atoms. The Balaban J connectivity index is 2.43. The second kappa shape index (κ2) is 6.05. The van der Waals surface area contributed by atoms with Gasteiger partial charge in [-0.05, 0) is 31.6 Å². The lowest BCUT2D eigenvalue weighted by Gasteiger charge is -2.18. The van der Waals surface area contributed by atoms with Crippen LogP contribution in [0.25, 0.3) is 0 Å². The van der Waals surface area contributed by atoms with Crippen LogP contribution in [-0.2, 0) is 14.6 Å². The molecule has 4 nitrogen and oxygen atoms in total. The maximum absolute atomic E-state index is 11.6. The number of hydrogen-bond acceptors (Lipinski definition) is 3. The number of sulfone groups is 1. The zero-order valence-corrected chi connectivity index (χ0v) is 11.9. The summed E-state index contributed by atoms with van der Waals surface area (Å²) in [5.41, 5.74) is 0. The van der Waals surface area contributed by atoms with Gasteiger partial charge in [-0.1, -0.05) is 6.42 Å². The predicted octanol–water partition coefficient (Wildman–Crippen LogP) is 1.19. The Morgan fingerprint density at radius 2 is 2.00 bits per heavy atom. The van der Waals surface area contributed by atoms with Gasteiger partial charge in [0.25, 0.3) is 0 Å². The van der Waals surface area contributed by atoms with Gasteiger partial charge in [0, 0.05) is 18.7 Å². The van der Waals surface area contributed by atoms with E-state index in [4.69, 9.17) is 11.6 Å². The lowest BCUT2D eigenvalue weighted by molar-refractivity contribution is -0.120. The molecule has 3 atom stereocenters. The van der Waals surface area contributed by atoms with Gasteiger partial charge >= 0.3 is 0 Å². The van der Waals surface area contributed by atoms with E-state index in [0.29, 0.717) is 24.3 Å². The first-order valence-electron chi connectivity index (χ1n) is 5.88. The van der Waals surface area contributed by atoms with E-state index in [1.165, 1.54) is 6.92 Å². The number of rotatable bonds is 5. The van der Waals surface area contributed by atoms with E-state index in [0.717, 1.165) is 25.5 Å². The zero-order valence-electron chi connectivity index (χ0n) is 10.3. The SMILES string of the molecule is CC(C(=O)NCC1CCCC1CCl)S(C)(=O)=O. The Morgan fingerprint density at radius 1 is 1.41 bits per heavy atom. The molecule has 17 heavy (non-hydrogen) atoms. The Labute approximate surface area is 108 Å². The topological polar surface area (TPSA) is 63.2 Å². The maximum Gasteiger partial charge on any atom is 0.238 e. The van der Waals surface area contributed by atoms with Crippen molar-refractivity contribution in [3.8, 4) is 0 Å². The quantitative estimate of drug-likeness (QED) is 0.770. The van der Waals surface area contributed by atoms with Gasteiger partial charge in [-0.3, -0.25) is 4.79 Å². The molecule has 0 aromatic rings. The second-order valence-corrected chi connectivity index (χ2v) is 7.50. The minimum absolute atomic E-state index is 0.392. The molecule has 1 N–H and O–H groups in total. The van der Waals surface area contributed by atoms with E-state index in [2.05, 4.69) is 5.32 Å². The highest BCUT2D eigenvalue weighted by Crippen LogP contribution is 2.31. The van der Waals surface area contributed by atoms with Crippen molar-refractivity contribution >= 4 is 27.3 Å². The van der Waals surface area contributed by atoms with E-state index >= 15 is 0 Å². The summed E-state index contributed by atoms with van der Waals surface area (Å²) in [6.07, 6.45) is 4.38. The smallest absolute Gasteiger partial charge is 0.238 e. The molecule has 0 saturated heterocycles. The molecule has 1 fully saturated rings. The highest BCUT2D eigenvalue weighted by molar-refractivity contribution is 7.92. The molecule has 100 valence electrons. The molecule has 0 aromatic heterocycles. The molecule has 6 heteroatoms. The fourth-order valence-electron chi connectivity index (χ4n) is 2.16. The lowest BCUT2D eigenvalue weighted by atomic mass is 9.98. The molecular formula is C11H20ClNO3S. The molecule has 0 aliphatic heterocycles. The molecule has 1 aliphatic carbocycles. The molecule has 1 aliphatic rings. The average Bonchev–Trinajstić information content (AvgIpc) is 2.70. The van der Waals surface area contributed by atoms with Crippen LogP contribution in [0.4, 0.5) is 0 Å². The monoisotopic (exact) mass is 281 g/mol. The van der Waals surface area contributed by atoms with Crippen molar-refractivity contribution in [2.24, 2.45) is 11.8 Å². The van der Waals surface area contributed by atoms with Crippen molar-refractivity contribution in [3.63, 3.8) is 0 Å². The van der Waals surface area contributed by atoms with Gasteiger partial charge < -0.3 is 5.32 Å². The van der Waals surface area contributed by atoms with E-state index in [1.807, 2.05) is 0 Å². The van der Waals surface area contributed by atoms with Gasteiger partial charge in [0.05, 0.1) is 0 Å². The number of amides is 1. The Bertz CT molecular complexity index is 369. The van der Waals surface area contributed by atoms with Crippen molar-refractivity contribution in [3.05, 3.63) is 0 Å². The molecule has 1 rings (SSSR count). The van der Waals surface area contributed by atoms with E-state index in [1.54, 1.807) is 0 Å². The van der Waals surface area contributed by atoms with Crippen LogP contribution in [0.15, 0.2) is 0 Å². The van der Waals surface area contributed by atoms with Crippen molar-refractivity contribution < 1.29 is 13.2 Å². The molecule has 0 aromatic carbocycles.